The van der Waals surface area contributed by atoms with E-state index < -0.39 is 5.60 Å². The minimum absolute atomic E-state index is 0.526. The average Bonchev–Trinajstić information content (AvgIpc) is 2.81. The van der Waals surface area contributed by atoms with Gasteiger partial charge in [0, 0.05) is 19.0 Å². The second kappa shape index (κ2) is 8.14. The molecule has 2 aliphatic heterocycles. The van der Waals surface area contributed by atoms with Gasteiger partial charge in [-0.3, -0.25) is 4.84 Å². The smallest absolute Gasteiger partial charge is 0.144 e. The predicted molar refractivity (Wildman–Crippen MR) is 117 cm³/mol. The Morgan fingerprint density at radius 2 is 1.21 bits per heavy atom. The van der Waals surface area contributed by atoms with E-state index in [1.54, 1.807) is 0 Å². The van der Waals surface area contributed by atoms with Crippen LogP contribution in [0.5, 0.6) is 0 Å². The molecule has 2 saturated heterocycles. The summed E-state index contributed by atoms with van der Waals surface area (Å²) in [5.74, 6) is 0.779. The Morgan fingerprint density at radius 3 is 1.69 bits per heavy atom. The van der Waals surface area contributed by atoms with Crippen molar-refractivity contribution in [2.45, 2.75) is 43.7 Å². The standard InChI is InChI=1S/C27H29NO/c1-4-10-22(11-5-1)20-27(24-12-6-2-7-13-24,25-14-8-3-9-15-25)29-28-21-23-16-18-26(28)19-17-23/h1-15,23,26H,16-21H2. The third kappa shape index (κ3) is 3.75. The van der Waals surface area contributed by atoms with Crippen LogP contribution in [-0.2, 0) is 16.9 Å². The maximum absolute atomic E-state index is 7.12. The van der Waals surface area contributed by atoms with E-state index in [1.165, 1.54) is 42.4 Å². The van der Waals surface area contributed by atoms with Crippen molar-refractivity contribution in [3.8, 4) is 0 Å². The van der Waals surface area contributed by atoms with E-state index in [-0.39, 0.29) is 0 Å². The summed E-state index contributed by atoms with van der Waals surface area (Å²) < 4.78 is 0. The van der Waals surface area contributed by atoms with Gasteiger partial charge in [0.15, 0.2) is 0 Å². The van der Waals surface area contributed by atoms with E-state index in [1.807, 2.05) is 0 Å². The molecular formula is C27H29NO. The summed E-state index contributed by atoms with van der Waals surface area (Å²) in [5.41, 5.74) is 3.21. The summed E-state index contributed by atoms with van der Waals surface area (Å²) in [7, 11) is 0. The number of rotatable bonds is 6. The summed E-state index contributed by atoms with van der Waals surface area (Å²) in [4.78, 5) is 7.12. The van der Waals surface area contributed by atoms with Gasteiger partial charge >= 0.3 is 0 Å². The van der Waals surface area contributed by atoms with Gasteiger partial charge in [0.2, 0.25) is 0 Å². The molecule has 2 bridgehead atoms. The van der Waals surface area contributed by atoms with E-state index in [0.29, 0.717) is 6.04 Å². The molecule has 2 nitrogen and oxygen atoms in total. The van der Waals surface area contributed by atoms with Crippen LogP contribution in [0.15, 0.2) is 91.0 Å². The van der Waals surface area contributed by atoms with Gasteiger partial charge in [-0.05, 0) is 48.3 Å². The van der Waals surface area contributed by atoms with E-state index in [0.717, 1.165) is 18.9 Å². The number of hydrogen-bond acceptors (Lipinski definition) is 2. The fourth-order valence-corrected chi connectivity index (χ4v) is 5.14. The lowest BCUT2D eigenvalue weighted by Crippen LogP contribution is -2.52. The van der Waals surface area contributed by atoms with Gasteiger partial charge < -0.3 is 0 Å². The highest BCUT2D eigenvalue weighted by atomic mass is 16.7. The van der Waals surface area contributed by atoms with Crippen molar-refractivity contribution in [2.24, 2.45) is 5.92 Å². The molecule has 2 heteroatoms. The first kappa shape index (κ1) is 18.6. The van der Waals surface area contributed by atoms with E-state index in [4.69, 9.17) is 4.84 Å². The number of hydrogen-bond donors (Lipinski definition) is 0. The molecule has 3 fully saturated rings. The van der Waals surface area contributed by atoms with Crippen LogP contribution in [0.3, 0.4) is 0 Å². The van der Waals surface area contributed by atoms with Crippen LogP contribution >= 0.6 is 0 Å². The van der Waals surface area contributed by atoms with Crippen molar-refractivity contribution in [3.05, 3.63) is 108 Å². The van der Waals surface area contributed by atoms with Crippen molar-refractivity contribution in [2.75, 3.05) is 6.54 Å². The van der Waals surface area contributed by atoms with Crippen LogP contribution in [0.4, 0.5) is 0 Å². The first-order valence-electron chi connectivity index (χ1n) is 10.9. The first-order chi connectivity index (χ1) is 14.3. The average molecular weight is 384 g/mol. The quantitative estimate of drug-likeness (QED) is 0.519. The predicted octanol–water partition coefficient (Wildman–Crippen LogP) is 5.98. The summed E-state index contributed by atoms with van der Waals surface area (Å²) in [6, 6.07) is 32.9. The Bertz CT molecular complexity index is 862. The Labute approximate surface area is 174 Å². The van der Waals surface area contributed by atoms with Gasteiger partial charge in [0.05, 0.1) is 0 Å². The number of hydroxylamine groups is 2. The summed E-state index contributed by atoms with van der Waals surface area (Å²) >= 11 is 0. The Balaban J connectivity index is 1.61. The largest absolute Gasteiger partial charge is 0.282 e. The van der Waals surface area contributed by atoms with Gasteiger partial charge in [-0.1, -0.05) is 91.0 Å². The normalized spacial score (nSPS) is 21.9. The highest BCUT2D eigenvalue weighted by molar-refractivity contribution is 5.39. The van der Waals surface area contributed by atoms with E-state index in [9.17, 15) is 0 Å². The van der Waals surface area contributed by atoms with Gasteiger partial charge in [0.25, 0.3) is 0 Å². The van der Waals surface area contributed by atoms with Crippen LogP contribution in [-0.4, -0.2) is 17.6 Å². The topological polar surface area (TPSA) is 12.5 Å². The van der Waals surface area contributed by atoms with Gasteiger partial charge in [0.1, 0.15) is 5.60 Å². The monoisotopic (exact) mass is 383 g/mol. The first-order valence-corrected chi connectivity index (χ1v) is 10.9. The van der Waals surface area contributed by atoms with Gasteiger partial charge in [-0.25, -0.2) is 0 Å². The van der Waals surface area contributed by atoms with Crippen molar-refractivity contribution in [1.29, 1.82) is 0 Å². The zero-order valence-corrected chi connectivity index (χ0v) is 16.9. The van der Waals surface area contributed by atoms with Crippen molar-refractivity contribution in [1.82, 2.24) is 5.06 Å². The van der Waals surface area contributed by atoms with Crippen molar-refractivity contribution in [3.63, 3.8) is 0 Å². The van der Waals surface area contributed by atoms with E-state index in [2.05, 4.69) is 96.1 Å². The number of fused-ring (bicyclic) bond motifs is 3. The van der Waals surface area contributed by atoms with Crippen molar-refractivity contribution >= 4 is 0 Å². The molecule has 3 aliphatic rings. The third-order valence-corrected chi connectivity index (χ3v) is 6.71. The molecule has 0 unspecified atom stereocenters. The molecule has 3 aromatic carbocycles. The molecule has 0 amide bonds. The molecule has 0 aromatic heterocycles. The minimum atomic E-state index is -0.526. The molecular weight excluding hydrogens is 354 g/mol. The lowest BCUT2D eigenvalue weighted by atomic mass is 9.80. The minimum Gasteiger partial charge on any atom is -0.282 e. The highest BCUT2D eigenvalue weighted by Crippen LogP contribution is 2.42. The molecule has 0 radical (unpaired) electrons. The number of nitrogens with zero attached hydrogens (tertiary/aromatic N) is 1. The molecule has 6 rings (SSSR count). The summed E-state index contributed by atoms with van der Waals surface area (Å²) in [6.45, 7) is 1.06. The molecule has 1 aliphatic carbocycles. The van der Waals surface area contributed by atoms with Crippen LogP contribution in [0.2, 0.25) is 0 Å². The maximum atomic E-state index is 7.12. The molecule has 3 aromatic rings. The second-order valence-corrected chi connectivity index (χ2v) is 8.59. The lowest BCUT2D eigenvalue weighted by Gasteiger charge is -2.49. The number of piperidine rings is 2. The van der Waals surface area contributed by atoms with Crippen LogP contribution in [0.25, 0.3) is 0 Å². The Hall–Kier alpha value is -2.42. The molecule has 0 spiro atoms. The lowest BCUT2D eigenvalue weighted by molar-refractivity contribution is -0.284. The summed E-state index contributed by atoms with van der Waals surface area (Å²) in [5, 5.41) is 2.33. The van der Waals surface area contributed by atoms with Gasteiger partial charge in [-0.2, -0.15) is 5.06 Å². The molecule has 2 heterocycles. The van der Waals surface area contributed by atoms with Crippen LogP contribution < -0.4 is 0 Å². The molecule has 29 heavy (non-hydrogen) atoms. The molecule has 0 atom stereocenters. The molecule has 148 valence electrons. The summed E-state index contributed by atoms with van der Waals surface area (Å²) in [6.07, 6.45) is 6.04. The maximum Gasteiger partial charge on any atom is 0.144 e. The zero-order valence-electron chi connectivity index (χ0n) is 16.9. The zero-order chi connectivity index (χ0) is 19.5. The Kier molecular flexibility index (Phi) is 5.22. The van der Waals surface area contributed by atoms with Crippen LogP contribution in [0.1, 0.15) is 42.4 Å². The third-order valence-electron chi connectivity index (χ3n) is 6.71. The molecule has 0 N–H and O–H groups in total. The van der Waals surface area contributed by atoms with Gasteiger partial charge in [-0.15, -0.1) is 0 Å². The SMILES string of the molecule is c1ccc(CC(ON2CC3CCC2CC3)(c2ccccc2)c2ccccc2)cc1. The van der Waals surface area contributed by atoms with Crippen molar-refractivity contribution < 1.29 is 4.84 Å². The fraction of sp³-hybridized carbons (Fsp3) is 0.333. The highest BCUT2D eigenvalue weighted by Gasteiger charge is 2.43. The van der Waals surface area contributed by atoms with Crippen LogP contribution in [0, 0.1) is 5.92 Å². The number of benzene rings is 3. The Morgan fingerprint density at radius 1 is 0.690 bits per heavy atom. The fourth-order valence-electron chi connectivity index (χ4n) is 5.14. The van der Waals surface area contributed by atoms with E-state index >= 15 is 0 Å². The molecule has 1 saturated carbocycles. The second-order valence-electron chi connectivity index (χ2n) is 8.59.